The lowest BCUT2D eigenvalue weighted by Crippen LogP contribution is -2.29. The summed E-state index contributed by atoms with van der Waals surface area (Å²) in [4.78, 5) is 0. The first-order valence-electron chi connectivity index (χ1n) is 10.3. The van der Waals surface area contributed by atoms with Gasteiger partial charge in [-0.15, -0.1) is 0 Å². The molecule has 150 valence electrons. The molecule has 0 fully saturated rings. The highest BCUT2D eigenvalue weighted by atomic mass is 16.3. The summed E-state index contributed by atoms with van der Waals surface area (Å²) in [5.41, 5.74) is 2.95. The molecule has 0 bridgehead atoms. The number of rotatable bonds is 6. The molecular formula is C28H26O2. The van der Waals surface area contributed by atoms with Gasteiger partial charge in [-0.1, -0.05) is 109 Å². The van der Waals surface area contributed by atoms with Crippen molar-refractivity contribution in [3.05, 3.63) is 144 Å². The summed E-state index contributed by atoms with van der Waals surface area (Å²) in [6.07, 6.45) is 9.97. The van der Waals surface area contributed by atoms with E-state index in [0.717, 1.165) is 5.57 Å². The Bertz CT molecular complexity index is 935. The predicted molar refractivity (Wildman–Crippen MR) is 122 cm³/mol. The highest BCUT2D eigenvalue weighted by Crippen LogP contribution is 2.42. The van der Waals surface area contributed by atoms with Crippen molar-refractivity contribution in [1.29, 1.82) is 0 Å². The summed E-state index contributed by atoms with van der Waals surface area (Å²) >= 11 is 0. The van der Waals surface area contributed by atoms with Crippen molar-refractivity contribution >= 4 is 0 Å². The normalized spacial score (nSPS) is 18.4. The summed E-state index contributed by atoms with van der Waals surface area (Å²) in [6.45, 7) is -0.0633. The van der Waals surface area contributed by atoms with Crippen LogP contribution in [0.25, 0.3) is 0 Å². The van der Waals surface area contributed by atoms with E-state index in [-0.39, 0.29) is 13.0 Å². The Balaban J connectivity index is 1.94. The highest BCUT2D eigenvalue weighted by Gasteiger charge is 2.34. The fourth-order valence-electron chi connectivity index (χ4n) is 4.14. The van der Waals surface area contributed by atoms with Crippen molar-refractivity contribution in [3.63, 3.8) is 0 Å². The quantitative estimate of drug-likeness (QED) is 0.565. The topological polar surface area (TPSA) is 40.5 Å². The maximum Gasteiger partial charge on any atom is 0.104 e. The van der Waals surface area contributed by atoms with E-state index in [1.54, 1.807) is 12.2 Å². The van der Waals surface area contributed by atoms with E-state index in [0.29, 0.717) is 0 Å². The van der Waals surface area contributed by atoms with Gasteiger partial charge in [-0.2, -0.15) is 0 Å². The van der Waals surface area contributed by atoms with Gasteiger partial charge in [-0.3, -0.25) is 0 Å². The van der Waals surface area contributed by atoms with Gasteiger partial charge in [0.15, 0.2) is 0 Å². The largest absolute Gasteiger partial charge is 0.396 e. The zero-order valence-electron chi connectivity index (χ0n) is 16.9. The van der Waals surface area contributed by atoms with Crippen molar-refractivity contribution in [1.82, 2.24) is 0 Å². The van der Waals surface area contributed by atoms with Crippen LogP contribution in [0.4, 0.5) is 0 Å². The maximum atomic E-state index is 10.6. The van der Waals surface area contributed by atoms with Crippen LogP contribution in [0.1, 0.15) is 23.1 Å². The van der Waals surface area contributed by atoms with Gasteiger partial charge in [-0.25, -0.2) is 0 Å². The third kappa shape index (κ3) is 3.93. The van der Waals surface area contributed by atoms with Crippen molar-refractivity contribution < 1.29 is 10.2 Å². The molecule has 3 aromatic carbocycles. The fraction of sp³-hybridized carbons (Fsp3) is 0.143. The van der Waals surface area contributed by atoms with Gasteiger partial charge < -0.3 is 10.2 Å². The Hall–Kier alpha value is -3.20. The minimum Gasteiger partial charge on any atom is -0.396 e. The molecule has 2 nitrogen and oxygen atoms in total. The zero-order valence-corrected chi connectivity index (χ0v) is 16.9. The molecule has 1 aliphatic rings. The van der Waals surface area contributed by atoms with E-state index < -0.39 is 11.0 Å². The molecule has 0 aromatic heterocycles. The molecule has 3 aromatic rings. The molecule has 2 heteroatoms. The Kier molecular flexibility index (Phi) is 5.80. The van der Waals surface area contributed by atoms with Crippen molar-refractivity contribution in [2.24, 2.45) is 0 Å². The molecule has 1 aliphatic carbocycles. The third-order valence-corrected chi connectivity index (χ3v) is 5.71. The molecule has 0 saturated carbocycles. The zero-order chi connectivity index (χ0) is 20.9. The second kappa shape index (κ2) is 8.66. The molecule has 0 aliphatic heterocycles. The second-order valence-corrected chi connectivity index (χ2v) is 7.68. The number of aliphatic hydroxyl groups is 2. The van der Waals surface area contributed by atoms with Gasteiger partial charge in [-0.05, 0) is 34.4 Å². The van der Waals surface area contributed by atoms with Crippen LogP contribution in [-0.4, -0.2) is 22.4 Å². The van der Waals surface area contributed by atoms with Gasteiger partial charge in [0.05, 0.1) is 5.41 Å². The van der Waals surface area contributed by atoms with Gasteiger partial charge in [0.25, 0.3) is 0 Å². The molecular weight excluding hydrogens is 368 g/mol. The Labute approximate surface area is 178 Å². The minimum atomic E-state index is -1.10. The average Bonchev–Trinajstić information content (AvgIpc) is 2.81. The van der Waals surface area contributed by atoms with Crippen molar-refractivity contribution in [2.45, 2.75) is 17.4 Å². The maximum absolute atomic E-state index is 10.6. The Morgan fingerprint density at radius 3 is 1.43 bits per heavy atom. The monoisotopic (exact) mass is 394 g/mol. The summed E-state index contributed by atoms with van der Waals surface area (Å²) in [7, 11) is 0. The van der Waals surface area contributed by atoms with Crippen LogP contribution in [0.2, 0.25) is 0 Å². The fourth-order valence-corrected chi connectivity index (χ4v) is 4.14. The summed E-state index contributed by atoms with van der Waals surface area (Å²) < 4.78 is 0. The molecule has 0 heterocycles. The average molecular weight is 395 g/mol. The first kappa shape index (κ1) is 20.1. The van der Waals surface area contributed by atoms with Crippen LogP contribution in [0, 0.1) is 0 Å². The SMILES string of the molecule is OCCC1(O)C=CC(=CC(c2ccccc2)(c2ccccc2)c2ccccc2)C=C1. The van der Waals surface area contributed by atoms with E-state index in [1.807, 2.05) is 30.4 Å². The molecule has 0 saturated heterocycles. The molecule has 2 N–H and O–H groups in total. The van der Waals surface area contributed by atoms with Gasteiger partial charge in [0.1, 0.15) is 5.60 Å². The predicted octanol–water partition coefficient (Wildman–Crippen LogP) is 5.19. The van der Waals surface area contributed by atoms with E-state index >= 15 is 0 Å². The number of hydrogen-bond donors (Lipinski definition) is 2. The first-order valence-corrected chi connectivity index (χ1v) is 10.3. The number of hydrogen-bond acceptors (Lipinski definition) is 2. The van der Waals surface area contributed by atoms with Gasteiger partial charge in [0.2, 0.25) is 0 Å². The molecule has 4 rings (SSSR count). The van der Waals surface area contributed by atoms with Crippen LogP contribution in [0.3, 0.4) is 0 Å². The minimum absolute atomic E-state index is 0.0633. The lowest BCUT2D eigenvalue weighted by atomic mass is 9.68. The van der Waals surface area contributed by atoms with Gasteiger partial charge in [0, 0.05) is 13.0 Å². The van der Waals surface area contributed by atoms with Crippen LogP contribution in [0.5, 0.6) is 0 Å². The number of allylic oxidation sites excluding steroid dienone is 4. The summed E-state index contributed by atoms with van der Waals surface area (Å²) in [5, 5.41) is 19.8. The Morgan fingerprint density at radius 1 is 0.667 bits per heavy atom. The van der Waals surface area contributed by atoms with Crippen molar-refractivity contribution in [2.75, 3.05) is 6.61 Å². The van der Waals surface area contributed by atoms with E-state index in [1.165, 1.54) is 16.7 Å². The van der Waals surface area contributed by atoms with E-state index in [2.05, 4.69) is 78.9 Å². The summed E-state index contributed by atoms with van der Waals surface area (Å²) in [5.74, 6) is 0. The summed E-state index contributed by atoms with van der Waals surface area (Å²) in [6, 6.07) is 31.5. The third-order valence-electron chi connectivity index (χ3n) is 5.71. The first-order chi connectivity index (χ1) is 14.7. The van der Waals surface area contributed by atoms with E-state index in [4.69, 9.17) is 0 Å². The highest BCUT2D eigenvalue weighted by molar-refractivity contribution is 5.58. The number of aliphatic hydroxyl groups excluding tert-OH is 1. The standard InChI is InChI=1S/C28H26O2/c29-21-20-27(30)18-16-23(17-19-27)22-28(24-10-4-1-5-11-24,25-12-6-2-7-13-25)26-14-8-3-9-15-26/h1-19,22,29-30H,20-21H2. The lowest BCUT2D eigenvalue weighted by Gasteiger charge is -2.34. The number of benzene rings is 3. The Morgan fingerprint density at radius 2 is 1.07 bits per heavy atom. The molecule has 0 spiro atoms. The van der Waals surface area contributed by atoms with Crippen LogP contribution in [-0.2, 0) is 5.41 Å². The molecule has 0 unspecified atom stereocenters. The molecule has 0 atom stereocenters. The van der Waals surface area contributed by atoms with Crippen molar-refractivity contribution in [3.8, 4) is 0 Å². The van der Waals surface area contributed by atoms with Gasteiger partial charge >= 0.3 is 0 Å². The lowest BCUT2D eigenvalue weighted by molar-refractivity contribution is 0.104. The molecule has 0 amide bonds. The van der Waals surface area contributed by atoms with E-state index in [9.17, 15) is 10.2 Å². The van der Waals surface area contributed by atoms with Crippen LogP contribution < -0.4 is 0 Å². The van der Waals surface area contributed by atoms with Crippen LogP contribution >= 0.6 is 0 Å². The molecule has 30 heavy (non-hydrogen) atoms. The smallest absolute Gasteiger partial charge is 0.104 e. The van der Waals surface area contributed by atoms with Crippen LogP contribution in [0.15, 0.2) is 127 Å². The molecule has 0 radical (unpaired) electrons. The second-order valence-electron chi connectivity index (χ2n) is 7.68.